The van der Waals surface area contributed by atoms with Gasteiger partial charge in [-0.15, -0.1) is 0 Å². The number of nitrogens with one attached hydrogen (secondary N) is 1. The lowest BCUT2D eigenvalue weighted by atomic mass is 9.97. The zero-order chi connectivity index (χ0) is 15.7. The monoisotopic (exact) mass is 291 g/mol. The molecule has 2 N–H and O–H groups in total. The van der Waals surface area contributed by atoms with Gasteiger partial charge >= 0.3 is 5.97 Å². The van der Waals surface area contributed by atoms with Crippen molar-refractivity contribution in [1.82, 2.24) is 5.32 Å². The Morgan fingerprint density at radius 1 is 1.38 bits per heavy atom. The van der Waals surface area contributed by atoms with Gasteiger partial charge in [0.25, 0.3) is 0 Å². The van der Waals surface area contributed by atoms with Gasteiger partial charge in [0.15, 0.2) is 0 Å². The number of phenolic OH excluding ortho intramolecular Hbond substituents is 1. The van der Waals surface area contributed by atoms with Crippen LogP contribution in [0.4, 0.5) is 0 Å². The maximum atomic E-state index is 11.9. The predicted molar refractivity (Wildman–Crippen MR) is 82.4 cm³/mol. The zero-order valence-corrected chi connectivity index (χ0v) is 13.4. The summed E-state index contributed by atoms with van der Waals surface area (Å²) >= 11 is 0. The Bertz CT molecular complexity index is 539. The standard InChI is InChI=1S/C17H25NO3/c1-9(2)16(17(20)21-5)18-12-8-11(4)14-10(3)6-7-13(19)15(12)14/h6-7,9,11-12,16,18-19H,8H2,1-5H3/t11?,12?,16-/m0/s1. The van der Waals surface area contributed by atoms with E-state index in [4.69, 9.17) is 4.74 Å². The molecule has 3 atom stereocenters. The summed E-state index contributed by atoms with van der Waals surface area (Å²) in [6, 6.07) is 3.32. The quantitative estimate of drug-likeness (QED) is 0.837. The zero-order valence-electron chi connectivity index (χ0n) is 13.4. The molecule has 1 aromatic rings. The average Bonchev–Trinajstić information content (AvgIpc) is 2.77. The van der Waals surface area contributed by atoms with Gasteiger partial charge in [0.1, 0.15) is 11.8 Å². The highest BCUT2D eigenvalue weighted by atomic mass is 16.5. The van der Waals surface area contributed by atoms with E-state index in [9.17, 15) is 9.90 Å². The smallest absolute Gasteiger partial charge is 0.323 e. The first kappa shape index (κ1) is 15.8. The lowest BCUT2D eigenvalue weighted by Gasteiger charge is -2.25. The number of ether oxygens (including phenoxy) is 1. The van der Waals surface area contributed by atoms with Crippen molar-refractivity contribution in [3.63, 3.8) is 0 Å². The van der Waals surface area contributed by atoms with Crippen LogP contribution < -0.4 is 5.32 Å². The van der Waals surface area contributed by atoms with Crippen LogP contribution in [0.1, 0.15) is 55.8 Å². The van der Waals surface area contributed by atoms with Gasteiger partial charge in [-0.3, -0.25) is 10.1 Å². The summed E-state index contributed by atoms with van der Waals surface area (Å²) in [7, 11) is 1.41. The minimum atomic E-state index is -0.363. The first-order valence-electron chi connectivity index (χ1n) is 7.53. The molecule has 0 bridgehead atoms. The van der Waals surface area contributed by atoms with Crippen molar-refractivity contribution < 1.29 is 14.6 Å². The van der Waals surface area contributed by atoms with Crippen molar-refractivity contribution >= 4 is 5.97 Å². The Labute approximate surface area is 126 Å². The number of aromatic hydroxyl groups is 1. The van der Waals surface area contributed by atoms with Crippen molar-refractivity contribution in [2.75, 3.05) is 7.11 Å². The number of esters is 1. The van der Waals surface area contributed by atoms with Gasteiger partial charge in [-0.05, 0) is 42.4 Å². The Kier molecular flexibility index (Phi) is 4.57. The van der Waals surface area contributed by atoms with Gasteiger partial charge in [-0.2, -0.15) is 0 Å². The lowest BCUT2D eigenvalue weighted by Crippen LogP contribution is -2.43. The first-order chi connectivity index (χ1) is 9.86. The summed E-state index contributed by atoms with van der Waals surface area (Å²) in [5, 5.41) is 13.6. The summed E-state index contributed by atoms with van der Waals surface area (Å²) in [5.74, 6) is 0.557. The van der Waals surface area contributed by atoms with Crippen molar-refractivity contribution in [1.29, 1.82) is 0 Å². The predicted octanol–water partition coefficient (Wildman–Crippen LogP) is 3.04. The number of benzene rings is 1. The highest BCUT2D eigenvalue weighted by Crippen LogP contribution is 2.46. The van der Waals surface area contributed by atoms with Crippen molar-refractivity contribution in [2.45, 2.75) is 52.1 Å². The van der Waals surface area contributed by atoms with Gasteiger partial charge in [0.2, 0.25) is 0 Å². The van der Waals surface area contributed by atoms with Gasteiger partial charge in [-0.1, -0.05) is 26.8 Å². The summed E-state index contributed by atoms with van der Waals surface area (Å²) < 4.78 is 4.89. The summed E-state index contributed by atoms with van der Waals surface area (Å²) in [6.07, 6.45) is 0.883. The number of aryl methyl sites for hydroxylation is 1. The van der Waals surface area contributed by atoms with E-state index in [-0.39, 0.29) is 24.0 Å². The van der Waals surface area contributed by atoms with Crippen LogP contribution in [0, 0.1) is 12.8 Å². The summed E-state index contributed by atoms with van der Waals surface area (Å²) in [6.45, 7) is 8.21. The highest BCUT2D eigenvalue weighted by Gasteiger charge is 2.35. The van der Waals surface area contributed by atoms with Crippen LogP contribution in [0.2, 0.25) is 0 Å². The Balaban J connectivity index is 2.33. The number of hydrogen-bond acceptors (Lipinski definition) is 4. The molecule has 4 nitrogen and oxygen atoms in total. The number of carbonyl (C=O) groups excluding carboxylic acids is 1. The normalized spacial score (nSPS) is 22.2. The van der Waals surface area contributed by atoms with Crippen molar-refractivity contribution in [3.05, 3.63) is 28.8 Å². The molecule has 0 saturated carbocycles. The SMILES string of the molecule is COC(=O)[C@@H](NC1CC(C)c2c(C)ccc(O)c21)C(C)C. The molecule has 0 aliphatic heterocycles. The molecule has 0 fully saturated rings. The van der Waals surface area contributed by atoms with Crippen LogP contribution in [-0.4, -0.2) is 24.2 Å². The van der Waals surface area contributed by atoms with Gasteiger partial charge in [-0.25, -0.2) is 0 Å². The van der Waals surface area contributed by atoms with Crippen molar-refractivity contribution in [3.8, 4) is 5.75 Å². The summed E-state index contributed by atoms with van der Waals surface area (Å²) in [4.78, 5) is 11.9. The Morgan fingerprint density at radius 3 is 2.62 bits per heavy atom. The molecule has 1 aliphatic carbocycles. The maximum Gasteiger partial charge on any atom is 0.323 e. The van der Waals surface area contributed by atoms with E-state index in [1.165, 1.54) is 18.2 Å². The molecule has 0 radical (unpaired) electrons. The van der Waals surface area contributed by atoms with Crippen LogP contribution in [-0.2, 0) is 9.53 Å². The molecular formula is C17H25NO3. The maximum absolute atomic E-state index is 11.9. The van der Waals surface area contributed by atoms with E-state index in [1.807, 2.05) is 19.9 Å². The van der Waals surface area contributed by atoms with E-state index < -0.39 is 0 Å². The number of carbonyl (C=O) groups is 1. The largest absolute Gasteiger partial charge is 0.508 e. The number of methoxy groups -OCH3 is 1. The lowest BCUT2D eigenvalue weighted by molar-refractivity contribution is -0.144. The molecule has 2 rings (SSSR count). The summed E-state index contributed by atoms with van der Waals surface area (Å²) in [5.41, 5.74) is 3.34. The van der Waals surface area contributed by atoms with Crippen LogP contribution in [0.5, 0.6) is 5.75 Å². The molecule has 1 aromatic carbocycles. The molecule has 0 saturated heterocycles. The Morgan fingerprint density at radius 2 is 2.05 bits per heavy atom. The fraction of sp³-hybridized carbons (Fsp3) is 0.588. The van der Waals surface area contributed by atoms with Crippen LogP contribution in [0.3, 0.4) is 0 Å². The molecule has 0 aromatic heterocycles. The Hall–Kier alpha value is -1.55. The molecule has 21 heavy (non-hydrogen) atoms. The number of rotatable bonds is 4. The molecule has 0 heterocycles. The van der Waals surface area contributed by atoms with E-state index in [0.717, 1.165) is 12.0 Å². The topological polar surface area (TPSA) is 58.6 Å². The molecule has 116 valence electrons. The average molecular weight is 291 g/mol. The van der Waals surface area contributed by atoms with Gasteiger partial charge in [0.05, 0.1) is 7.11 Å². The fourth-order valence-electron chi connectivity index (χ4n) is 3.37. The molecule has 2 unspecified atom stereocenters. The molecule has 1 aliphatic rings. The second kappa shape index (κ2) is 6.06. The van der Waals surface area contributed by atoms with Gasteiger partial charge in [0, 0.05) is 11.6 Å². The van der Waals surface area contributed by atoms with Crippen molar-refractivity contribution in [2.24, 2.45) is 5.92 Å². The third-order valence-corrected chi connectivity index (χ3v) is 4.42. The first-order valence-corrected chi connectivity index (χ1v) is 7.53. The number of fused-ring (bicyclic) bond motifs is 1. The molecular weight excluding hydrogens is 266 g/mol. The third-order valence-electron chi connectivity index (χ3n) is 4.42. The van der Waals surface area contributed by atoms with Crippen LogP contribution in [0.25, 0.3) is 0 Å². The second-order valence-electron chi connectivity index (χ2n) is 6.33. The van der Waals surface area contributed by atoms with E-state index >= 15 is 0 Å². The minimum Gasteiger partial charge on any atom is -0.508 e. The molecule has 4 heteroatoms. The molecule has 0 spiro atoms. The van der Waals surface area contributed by atoms with E-state index in [2.05, 4.69) is 19.2 Å². The van der Waals surface area contributed by atoms with Gasteiger partial charge < -0.3 is 9.84 Å². The highest BCUT2D eigenvalue weighted by molar-refractivity contribution is 5.76. The third kappa shape index (κ3) is 2.91. The van der Waals surface area contributed by atoms with E-state index in [1.54, 1.807) is 6.07 Å². The van der Waals surface area contributed by atoms with E-state index in [0.29, 0.717) is 11.7 Å². The second-order valence-corrected chi connectivity index (χ2v) is 6.33. The number of hydrogen-bond donors (Lipinski definition) is 2. The van der Waals surface area contributed by atoms with Crippen LogP contribution >= 0.6 is 0 Å². The molecule has 0 amide bonds. The van der Waals surface area contributed by atoms with Crippen LogP contribution in [0.15, 0.2) is 12.1 Å². The minimum absolute atomic E-state index is 0.0126. The fourth-order valence-corrected chi connectivity index (χ4v) is 3.37. The number of phenols is 1.